The first-order valence-electron chi connectivity index (χ1n) is 4.45. The Balaban J connectivity index is 2.83. The maximum Gasteiger partial charge on any atom is 0.384 e. The van der Waals surface area contributed by atoms with Crippen molar-refractivity contribution < 1.29 is 9.66 Å². The standard InChI is InChI=1S/C8H14N4O3/c1-11-5-10-8(12(13)14)7(11)3-6(9)4-15-2/h5-6H,3-4,9H2,1-2H3. The van der Waals surface area contributed by atoms with E-state index in [1.807, 2.05) is 0 Å². The molecule has 2 N–H and O–H groups in total. The van der Waals surface area contributed by atoms with Crippen molar-refractivity contribution in [1.29, 1.82) is 0 Å². The van der Waals surface area contributed by atoms with Crippen LogP contribution in [0.25, 0.3) is 0 Å². The Morgan fingerprint density at radius 2 is 2.47 bits per heavy atom. The summed E-state index contributed by atoms with van der Waals surface area (Å²) in [7, 11) is 3.24. The Labute approximate surface area is 87.0 Å². The fourth-order valence-electron chi connectivity index (χ4n) is 1.35. The van der Waals surface area contributed by atoms with Crippen molar-refractivity contribution in [2.24, 2.45) is 12.8 Å². The second-order valence-electron chi connectivity index (χ2n) is 3.30. The second kappa shape index (κ2) is 4.85. The van der Waals surface area contributed by atoms with Gasteiger partial charge in [0.15, 0.2) is 0 Å². The Morgan fingerprint density at radius 1 is 1.80 bits per heavy atom. The van der Waals surface area contributed by atoms with Gasteiger partial charge < -0.3 is 25.2 Å². The molecule has 0 spiro atoms. The molecule has 0 amide bonds. The van der Waals surface area contributed by atoms with Crippen LogP contribution in [0.4, 0.5) is 5.82 Å². The second-order valence-corrected chi connectivity index (χ2v) is 3.30. The van der Waals surface area contributed by atoms with Crippen LogP contribution in [0.1, 0.15) is 5.69 Å². The average molecular weight is 214 g/mol. The molecule has 0 aliphatic heterocycles. The van der Waals surface area contributed by atoms with Crippen LogP contribution in [0.2, 0.25) is 0 Å². The Kier molecular flexibility index (Phi) is 3.75. The molecule has 1 rings (SSSR count). The topological polar surface area (TPSA) is 96.2 Å². The van der Waals surface area contributed by atoms with Crippen LogP contribution in [-0.2, 0) is 18.2 Å². The number of nitrogens with zero attached hydrogens (tertiary/aromatic N) is 3. The number of hydrogen-bond donors (Lipinski definition) is 1. The van der Waals surface area contributed by atoms with E-state index in [1.54, 1.807) is 11.6 Å². The predicted molar refractivity (Wildman–Crippen MR) is 53.4 cm³/mol. The zero-order valence-electron chi connectivity index (χ0n) is 8.71. The molecular formula is C8H14N4O3. The highest BCUT2D eigenvalue weighted by atomic mass is 16.6. The maximum atomic E-state index is 10.6. The van der Waals surface area contributed by atoms with Gasteiger partial charge in [0.25, 0.3) is 0 Å². The first-order chi connectivity index (χ1) is 7.06. The molecule has 0 fully saturated rings. The Bertz CT molecular complexity index is 350. The van der Waals surface area contributed by atoms with Gasteiger partial charge in [-0.15, -0.1) is 0 Å². The van der Waals surface area contributed by atoms with Gasteiger partial charge in [-0.1, -0.05) is 0 Å². The summed E-state index contributed by atoms with van der Waals surface area (Å²) in [4.78, 5) is 13.8. The van der Waals surface area contributed by atoms with E-state index in [2.05, 4.69) is 4.98 Å². The molecule has 0 radical (unpaired) electrons. The highest BCUT2D eigenvalue weighted by molar-refractivity contribution is 5.27. The summed E-state index contributed by atoms with van der Waals surface area (Å²) in [6, 6.07) is -0.260. The van der Waals surface area contributed by atoms with Crippen LogP contribution < -0.4 is 5.73 Å². The van der Waals surface area contributed by atoms with Crippen LogP contribution in [-0.4, -0.2) is 34.2 Å². The summed E-state index contributed by atoms with van der Waals surface area (Å²) in [5.41, 5.74) is 6.24. The molecule has 0 saturated heterocycles. The molecular weight excluding hydrogens is 200 g/mol. The van der Waals surface area contributed by atoms with Gasteiger partial charge in [0.2, 0.25) is 6.33 Å². The van der Waals surface area contributed by atoms with Crippen molar-refractivity contribution in [1.82, 2.24) is 9.55 Å². The van der Waals surface area contributed by atoms with Gasteiger partial charge in [-0.25, -0.2) is 0 Å². The van der Waals surface area contributed by atoms with Crippen LogP contribution in [0, 0.1) is 10.1 Å². The lowest BCUT2D eigenvalue weighted by Crippen LogP contribution is -2.29. The summed E-state index contributed by atoms with van der Waals surface area (Å²) in [6.45, 7) is 0.363. The molecule has 1 aromatic heterocycles. The summed E-state index contributed by atoms with van der Waals surface area (Å²) in [6.07, 6.45) is 1.79. The van der Waals surface area contributed by atoms with E-state index in [9.17, 15) is 10.1 Å². The first-order valence-corrected chi connectivity index (χ1v) is 4.45. The van der Waals surface area contributed by atoms with E-state index in [0.29, 0.717) is 18.7 Å². The molecule has 1 atom stereocenters. The first kappa shape index (κ1) is 11.6. The third-order valence-corrected chi connectivity index (χ3v) is 2.05. The molecule has 0 bridgehead atoms. The summed E-state index contributed by atoms with van der Waals surface area (Å²) >= 11 is 0. The lowest BCUT2D eigenvalue weighted by Gasteiger charge is -2.09. The lowest BCUT2D eigenvalue weighted by atomic mass is 10.2. The van der Waals surface area contributed by atoms with Gasteiger partial charge in [-0.2, -0.15) is 0 Å². The molecule has 0 aliphatic carbocycles. The van der Waals surface area contributed by atoms with Crippen molar-refractivity contribution in [3.8, 4) is 0 Å². The van der Waals surface area contributed by atoms with E-state index in [1.165, 1.54) is 13.4 Å². The van der Waals surface area contributed by atoms with E-state index < -0.39 is 4.92 Å². The van der Waals surface area contributed by atoms with E-state index in [0.717, 1.165) is 0 Å². The van der Waals surface area contributed by atoms with Crippen LogP contribution in [0.5, 0.6) is 0 Å². The minimum atomic E-state index is -0.505. The minimum absolute atomic E-state index is 0.135. The zero-order chi connectivity index (χ0) is 11.4. The third-order valence-electron chi connectivity index (χ3n) is 2.05. The number of nitrogens with two attached hydrogens (primary N) is 1. The van der Waals surface area contributed by atoms with Crippen LogP contribution in [0.15, 0.2) is 6.33 Å². The predicted octanol–water partition coefficient (Wildman–Crippen LogP) is -0.155. The van der Waals surface area contributed by atoms with Crippen molar-refractivity contribution in [3.63, 3.8) is 0 Å². The zero-order valence-corrected chi connectivity index (χ0v) is 8.71. The molecule has 0 saturated carbocycles. The molecule has 1 heterocycles. The Morgan fingerprint density at radius 3 is 3.00 bits per heavy atom. The minimum Gasteiger partial charge on any atom is -0.383 e. The Hall–Kier alpha value is -1.47. The van der Waals surface area contributed by atoms with Crippen molar-refractivity contribution in [2.45, 2.75) is 12.5 Å². The molecule has 0 aromatic carbocycles. The summed E-state index contributed by atoms with van der Waals surface area (Å²) < 4.78 is 6.47. The molecule has 1 aromatic rings. The number of hydrogen-bond acceptors (Lipinski definition) is 5. The van der Waals surface area contributed by atoms with Gasteiger partial charge >= 0.3 is 5.82 Å². The van der Waals surface area contributed by atoms with E-state index in [-0.39, 0.29) is 11.9 Å². The van der Waals surface area contributed by atoms with E-state index >= 15 is 0 Å². The number of nitro groups is 1. The van der Waals surface area contributed by atoms with Gasteiger partial charge in [0.1, 0.15) is 5.69 Å². The highest BCUT2D eigenvalue weighted by Crippen LogP contribution is 2.16. The lowest BCUT2D eigenvalue weighted by molar-refractivity contribution is -0.390. The van der Waals surface area contributed by atoms with Gasteiger partial charge in [0, 0.05) is 26.6 Å². The molecule has 7 nitrogen and oxygen atoms in total. The molecule has 84 valence electrons. The maximum absolute atomic E-state index is 10.6. The summed E-state index contributed by atoms with van der Waals surface area (Å²) in [5.74, 6) is -0.135. The third kappa shape index (κ3) is 2.74. The SMILES string of the molecule is COCC(N)Cc1c([N+](=O)[O-])ncn1C. The van der Waals surface area contributed by atoms with Gasteiger partial charge in [-0.3, -0.25) is 0 Å². The molecule has 7 heteroatoms. The smallest absolute Gasteiger partial charge is 0.383 e. The van der Waals surface area contributed by atoms with Gasteiger partial charge in [0.05, 0.1) is 6.61 Å². The van der Waals surface area contributed by atoms with Crippen molar-refractivity contribution in [3.05, 3.63) is 22.1 Å². The number of aromatic nitrogens is 2. The fraction of sp³-hybridized carbons (Fsp3) is 0.625. The van der Waals surface area contributed by atoms with E-state index in [4.69, 9.17) is 10.5 Å². The largest absolute Gasteiger partial charge is 0.384 e. The number of imidazole rings is 1. The monoisotopic (exact) mass is 214 g/mol. The number of ether oxygens (including phenoxy) is 1. The van der Waals surface area contributed by atoms with Crippen molar-refractivity contribution >= 4 is 5.82 Å². The normalized spacial score (nSPS) is 12.7. The fourth-order valence-corrected chi connectivity index (χ4v) is 1.35. The van der Waals surface area contributed by atoms with Crippen LogP contribution in [0.3, 0.4) is 0 Å². The average Bonchev–Trinajstić information content (AvgIpc) is 2.48. The number of aryl methyl sites for hydroxylation is 1. The number of rotatable bonds is 5. The summed E-state index contributed by atoms with van der Waals surface area (Å²) in [5, 5.41) is 10.6. The van der Waals surface area contributed by atoms with Crippen LogP contribution >= 0.6 is 0 Å². The quantitative estimate of drug-likeness (QED) is 0.543. The van der Waals surface area contributed by atoms with Crippen molar-refractivity contribution in [2.75, 3.05) is 13.7 Å². The molecule has 0 aliphatic rings. The molecule has 15 heavy (non-hydrogen) atoms. The molecule has 1 unspecified atom stereocenters. The van der Waals surface area contributed by atoms with Gasteiger partial charge in [-0.05, 0) is 9.91 Å². The highest BCUT2D eigenvalue weighted by Gasteiger charge is 2.21. The number of methoxy groups -OCH3 is 1.